The van der Waals surface area contributed by atoms with Crippen LogP contribution in [0.15, 0.2) is 53.3 Å². The zero-order chi connectivity index (χ0) is 18.7. The Kier molecular flexibility index (Phi) is 3.43. The van der Waals surface area contributed by atoms with Crippen molar-refractivity contribution in [2.24, 2.45) is 0 Å². The van der Waals surface area contributed by atoms with E-state index in [1.165, 1.54) is 15.9 Å². The van der Waals surface area contributed by atoms with Crippen LogP contribution >= 0.6 is 22.9 Å². The van der Waals surface area contributed by atoms with Crippen molar-refractivity contribution in [3.8, 4) is 11.4 Å². The second-order valence-corrected chi connectivity index (χ2v) is 7.55. The van der Waals surface area contributed by atoms with Gasteiger partial charge < -0.3 is 4.90 Å². The molecule has 3 heterocycles. The van der Waals surface area contributed by atoms with Gasteiger partial charge in [-0.15, -0.1) is 5.10 Å². The van der Waals surface area contributed by atoms with Crippen molar-refractivity contribution in [2.75, 3.05) is 11.9 Å². The first kappa shape index (κ1) is 16.2. The Morgan fingerprint density at radius 3 is 2.67 bits per heavy atom. The molecule has 0 bridgehead atoms. The number of likely N-dealkylation sites (N-methyl/N-ethyl adjacent to an activating group) is 1. The molecular weight excluding hydrogens is 384 g/mol. The molecule has 2 aromatic carbocycles. The van der Waals surface area contributed by atoms with Gasteiger partial charge in [-0.2, -0.15) is 9.50 Å². The second-order valence-electron chi connectivity index (χ2n) is 6.13. The van der Waals surface area contributed by atoms with Gasteiger partial charge >= 0.3 is 0 Å². The highest BCUT2D eigenvalue weighted by atomic mass is 35.5. The zero-order valence-corrected chi connectivity index (χ0v) is 15.6. The van der Waals surface area contributed by atoms with Gasteiger partial charge in [0, 0.05) is 23.2 Å². The summed E-state index contributed by atoms with van der Waals surface area (Å²) in [5.41, 5.74) is 2.33. The average Bonchev–Trinajstić information content (AvgIpc) is 3.29. The lowest BCUT2D eigenvalue weighted by atomic mass is 10.1. The average molecular weight is 395 g/mol. The number of aromatic nitrogens is 3. The maximum Gasteiger partial charge on any atom is 0.291 e. The van der Waals surface area contributed by atoms with Crippen LogP contribution in [-0.4, -0.2) is 27.6 Å². The summed E-state index contributed by atoms with van der Waals surface area (Å²) in [4.78, 5) is 32.1. The lowest BCUT2D eigenvalue weighted by molar-refractivity contribution is -0.112. The maximum absolute atomic E-state index is 12.9. The Labute approximate surface area is 161 Å². The molecule has 0 aliphatic carbocycles. The van der Waals surface area contributed by atoms with Gasteiger partial charge in [-0.3, -0.25) is 9.59 Å². The third-order valence-corrected chi connectivity index (χ3v) is 5.79. The molecule has 6 nitrogen and oxygen atoms in total. The summed E-state index contributed by atoms with van der Waals surface area (Å²) in [5, 5.41) is 4.89. The summed E-state index contributed by atoms with van der Waals surface area (Å²) in [6, 6.07) is 14.6. The molecule has 0 atom stereocenters. The maximum atomic E-state index is 12.9. The smallest absolute Gasteiger partial charge is 0.291 e. The van der Waals surface area contributed by atoms with Crippen LogP contribution in [0.2, 0.25) is 5.02 Å². The lowest BCUT2D eigenvalue weighted by Crippen LogP contribution is -2.30. The molecule has 2 aromatic heterocycles. The van der Waals surface area contributed by atoms with Crippen LogP contribution in [0.25, 0.3) is 21.9 Å². The van der Waals surface area contributed by atoms with E-state index in [0.717, 1.165) is 16.8 Å². The number of para-hydroxylation sites is 1. The first-order chi connectivity index (χ1) is 13.0. The molecule has 0 N–H and O–H groups in total. The van der Waals surface area contributed by atoms with Crippen LogP contribution in [0, 0.1) is 0 Å². The summed E-state index contributed by atoms with van der Waals surface area (Å²) >= 11 is 7.19. The van der Waals surface area contributed by atoms with E-state index in [4.69, 9.17) is 11.6 Å². The second kappa shape index (κ2) is 5.73. The van der Waals surface area contributed by atoms with Crippen LogP contribution in [0.5, 0.6) is 0 Å². The van der Waals surface area contributed by atoms with E-state index in [2.05, 4.69) is 10.1 Å². The molecule has 1 amide bonds. The Balaban J connectivity index is 1.76. The quantitative estimate of drug-likeness (QED) is 0.497. The largest absolute Gasteiger partial charge is 0.311 e. The zero-order valence-electron chi connectivity index (χ0n) is 14.0. The summed E-state index contributed by atoms with van der Waals surface area (Å²) in [7, 11) is 1.70. The van der Waals surface area contributed by atoms with Crippen molar-refractivity contribution < 1.29 is 4.79 Å². The fourth-order valence-corrected chi connectivity index (χ4v) is 4.41. The van der Waals surface area contributed by atoms with E-state index in [0.29, 0.717) is 25.9 Å². The molecule has 4 aromatic rings. The number of carbonyl (C=O) groups excluding carboxylic acids is 1. The van der Waals surface area contributed by atoms with Gasteiger partial charge in [0.25, 0.3) is 11.5 Å². The molecule has 0 radical (unpaired) electrons. The number of anilines is 1. The number of rotatable bonds is 1. The van der Waals surface area contributed by atoms with Crippen molar-refractivity contribution in [3.05, 3.63) is 74.0 Å². The van der Waals surface area contributed by atoms with Crippen molar-refractivity contribution in [1.29, 1.82) is 0 Å². The molecule has 0 saturated heterocycles. The highest BCUT2D eigenvalue weighted by Crippen LogP contribution is 2.33. The number of hydrogen-bond acceptors (Lipinski definition) is 5. The Morgan fingerprint density at radius 1 is 1.07 bits per heavy atom. The first-order valence-corrected chi connectivity index (χ1v) is 9.31. The molecular formula is C19H11ClN4O2S. The molecule has 1 aliphatic rings. The molecule has 1 aliphatic heterocycles. The van der Waals surface area contributed by atoms with E-state index >= 15 is 0 Å². The minimum absolute atomic E-state index is 0.201. The molecule has 0 spiro atoms. The molecule has 0 fully saturated rings. The summed E-state index contributed by atoms with van der Waals surface area (Å²) < 4.78 is 1.60. The third kappa shape index (κ3) is 2.32. The van der Waals surface area contributed by atoms with Gasteiger partial charge in [0.15, 0.2) is 5.82 Å². The minimum atomic E-state index is -0.343. The minimum Gasteiger partial charge on any atom is -0.311 e. The first-order valence-electron chi connectivity index (χ1n) is 8.12. The fraction of sp³-hybridized carbons (Fsp3) is 0.0526. The molecule has 5 rings (SSSR count). The lowest BCUT2D eigenvalue weighted by Gasteiger charge is -2.07. The van der Waals surface area contributed by atoms with E-state index in [1.54, 1.807) is 30.1 Å². The normalized spacial score (nSPS) is 15.6. The van der Waals surface area contributed by atoms with Crippen molar-refractivity contribution in [1.82, 2.24) is 14.6 Å². The fourth-order valence-electron chi connectivity index (χ4n) is 3.22. The summed E-state index contributed by atoms with van der Waals surface area (Å²) in [6.45, 7) is 0. The van der Waals surface area contributed by atoms with Gasteiger partial charge in [0.1, 0.15) is 4.53 Å². The monoisotopic (exact) mass is 394 g/mol. The van der Waals surface area contributed by atoms with Crippen molar-refractivity contribution in [2.45, 2.75) is 0 Å². The van der Waals surface area contributed by atoms with Crippen LogP contribution in [-0.2, 0) is 4.79 Å². The van der Waals surface area contributed by atoms with Gasteiger partial charge in [0.05, 0.1) is 11.3 Å². The molecule has 27 heavy (non-hydrogen) atoms. The predicted octanol–water partition coefficient (Wildman–Crippen LogP) is 2.37. The number of nitrogens with zero attached hydrogens (tertiary/aromatic N) is 4. The highest BCUT2D eigenvalue weighted by Gasteiger charge is 2.31. The van der Waals surface area contributed by atoms with Gasteiger partial charge in [-0.25, -0.2) is 0 Å². The molecule has 0 saturated carbocycles. The number of benzene rings is 2. The Morgan fingerprint density at radius 2 is 1.89 bits per heavy atom. The van der Waals surface area contributed by atoms with Crippen LogP contribution in [0.4, 0.5) is 5.69 Å². The highest BCUT2D eigenvalue weighted by molar-refractivity contribution is 7.15. The summed E-state index contributed by atoms with van der Waals surface area (Å²) in [6.07, 6.45) is 0. The molecule has 0 unspecified atom stereocenters. The third-order valence-electron chi connectivity index (χ3n) is 4.52. The van der Waals surface area contributed by atoms with E-state index < -0.39 is 0 Å². The van der Waals surface area contributed by atoms with E-state index in [9.17, 15) is 9.59 Å². The van der Waals surface area contributed by atoms with E-state index in [1.807, 2.05) is 30.3 Å². The summed E-state index contributed by atoms with van der Waals surface area (Å²) in [5.74, 6) is 0.223. The van der Waals surface area contributed by atoms with Crippen LogP contribution in [0.3, 0.4) is 0 Å². The topological polar surface area (TPSA) is 67.6 Å². The number of hydrogen-bond donors (Lipinski definition) is 0. The predicted molar refractivity (Wildman–Crippen MR) is 105 cm³/mol. The molecule has 132 valence electrons. The number of halogens is 1. The van der Waals surface area contributed by atoms with Gasteiger partial charge in [-0.05, 0) is 18.2 Å². The SMILES string of the molecule is CN1C(=O)/C(=c2/sc3nc(-c4cccc(Cl)c4)nn3c2=O)c2ccccc21. The Hall–Kier alpha value is -3.03. The van der Waals surface area contributed by atoms with Gasteiger partial charge in [-0.1, -0.05) is 53.3 Å². The van der Waals surface area contributed by atoms with Gasteiger partial charge in [0.2, 0.25) is 4.96 Å². The standard InChI is InChI=1S/C19H11ClN4O2S/c1-23-13-8-3-2-7-12(13)14(17(23)25)15-18(26)24-19(27-15)21-16(22-24)10-5-4-6-11(20)9-10/h2-9H,1H3/b15-14+. The molecule has 8 heteroatoms. The Bertz CT molecular complexity index is 1360. The van der Waals surface area contributed by atoms with Crippen molar-refractivity contribution in [3.63, 3.8) is 0 Å². The van der Waals surface area contributed by atoms with E-state index in [-0.39, 0.29) is 11.5 Å². The van der Waals surface area contributed by atoms with Crippen molar-refractivity contribution >= 4 is 45.1 Å². The number of carbonyl (C=O) groups is 1. The van der Waals surface area contributed by atoms with Crippen LogP contribution in [0.1, 0.15) is 5.56 Å². The number of thiazole rings is 1. The number of amides is 1. The van der Waals surface area contributed by atoms with Crippen LogP contribution < -0.4 is 15.0 Å². The number of fused-ring (bicyclic) bond motifs is 2.